The molecule has 1 aromatic rings. The van der Waals surface area contributed by atoms with Crippen LogP contribution in [0, 0.1) is 0 Å². The van der Waals surface area contributed by atoms with Crippen molar-refractivity contribution in [2.24, 2.45) is 5.73 Å². The summed E-state index contributed by atoms with van der Waals surface area (Å²) >= 11 is 0. The van der Waals surface area contributed by atoms with Crippen LogP contribution in [-0.2, 0) is 9.59 Å². The van der Waals surface area contributed by atoms with Crippen LogP contribution in [0.1, 0.15) is 36.2 Å². The van der Waals surface area contributed by atoms with Gasteiger partial charge in [0.2, 0.25) is 5.91 Å². The zero-order valence-electron chi connectivity index (χ0n) is 11.8. The van der Waals surface area contributed by atoms with E-state index in [0.717, 1.165) is 6.08 Å². The summed E-state index contributed by atoms with van der Waals surface area (Å²) in [5.74, 6) is -2.09. The fourth-order valence-corrected chi connectivity index (χ4v) is 1.76. The Kier molecular flexibility index (Phi) is 5.18. The third-order valence-electron chi connectivity index (χ3n) is 2.57. The van der Waals surface area contributed by atoms with Crippen LogP contribution in [-0.4, -0.2) is 33.4 Å². The van der Waals surface area contributed by atoms with Crippen molar-refractivity contribution in [3.8, 4) is 0 Å². The third kappa shape index (κ3) is 5.43. The smallest absolute Gasteiger partial charge is 0.328 e. The molecule has 0 saturated heterocycles. The average Bonchev–Trinajstić information content (AvgIpc) is 2.34. The predicted octanol–water partition coefficient (Wildman–Crippen LogP) is 0.563. The van der Waals surface area contributed by atoms with Crippen molar-refractivity contribution in [2.45, 2.75) is 25.8 Å². The Bertz CT molecular complexity index is 594. The molecule has 2 amide bonds. The lowest BCUT2D eigenvalue weighted by atomic mass is 9.99. The number of nitrogens with one attached hydrogen (secondary N) is 1. The Hall–Kier alpha value is -2.70. The lowest BCUT2D eigenvalue weighted by molar-refractivity contribution is -0.131. The molecule has 7 nitrogen and oxygen atoms in total. The van der Waals surface area contributed by atoms with Gasteiger partial charge in [-0.25, -0.2) is 4.79 Å². The maximum atomic E-state index is 12.2. The first-order chi connectivity index (χ1) is 9.71. The SMILES string of the molecule is CC(C)(CC(N)=O)NC(=O)c1ccncc1/C=C/C(=O)O. The Labute approximate surface area is 121 Å². The summed E-state index contributed by atoms with van der Waals surface area (Å²) < 4.78 is 0. The van der Waals surface area contributed by atoms with Gasteiger partial charge in [0.25, 0.3) is 5.91 Å². The molecule has 0 saturated carbocycles. The van der Waals surface area contributed by atoms with Gasteiger partial charge in [0, 0.05) is 41.6 Å². The standard InChI is InChI=1S/C14H17N3O4/c1-14(2,7-11(15)18)17-13(21)10-5-6-16-8-9(10)3-4-12(19)20/h3-6,8H,7H2,1-2H3,(H2,15,18)(H,17,21)(H,19,20)/b4-3+. The predicted molar refractivity (Wildman–Crippen MR) is 76.3 cm³/mol. The first kappa shape index (κ1) is 16.4. The number of carboxylic acids is 1. The topological polar surface area (TPSA) is 122 Å². The highest BCUT2D eigenvalue weighted by atomic mass is 16.4. The summed E-state index contributed by atoms with van der Waals surface area (Å²) in [5, 5.41) is 11.3. The molecule has 0 unspecified atom stereocenters. The van der Waals surface area contributed by atoms with E-state index >= 15 is 0 Å². The zero-order chi connectivity index (χ0) is 16.0. The van der Waals surface area contributed by atoms with Gasteiger partial charge in [0.05, 0.1) is 0 Å². The molecule has 1 rings (SSSR count). The molecule has 0 fully saturated rings. The number of primary amides is 1. The Morgan fingerprint density at radius 3 is 2.67 bits per heavy atom. The molecule has 0 aliphatic carbocycles. The van der Waals surface area contributed by atoms with Crippen molar-refractivity contribution in [1.82, 2.24) is 10.3 Å². The fourth-order valence-electron chi connectivity index (χ4n) is 1.76. The summed E-state index contributed by atoms with van der Waals surface area (Å²) in [6.45, 7) is 3.34. The van der Waals surface area contributed by atoms with E-state index in [4.69, 9.17) is 10.8 Å². The van der Waals surface area contributed by atoms with Crippen LogP contribution in [0.15, 0.2) is 24.5 Å². The number of amides is 2. The molecule has 0 aliphatic rings. The zero-order valence-corrected chi connectivity index (χ0v) is 11.8. The largest absolute Gasteiger partial charge is 0.478 e. The minimum atomic E-state index is -1.13. The van der Waals surface area contributed by atoms with Gasteiger partial charge in [-0.2, -0.15) is 0 Å². The van der Waals surface area contributed by atoms with Crippen LogP contribution in [0.25, 0.3) is 6.08 Å². The fraction of sp³-hybridized carbons (Fsp3) is 0.286. The molecule has 7 heteroatoms. The van der Waals surface area contributed by atoms with Crippen molar-refractivity contribution in [2.75, 3.05) is 0 Å². The van der Waals surface area contributed by atoms with Crippen LogP contribution in [0.3, 0.4) is 0 Å². The second-order valence-electron chi connectivity index (χ2n) is 5.12. The van der Waals surface area contributed by atoms with Crippen molar-refractivity contribution in [3.05, 3.63) is 35.7 Å². The quantitative estimate of drug-likeness (QED) is 0.661. The van der Waals surface area contributed by atoms with Gasteiger partial charge in [0.15, 0.2) is 0 Å². The Morgan fingerprint density at radius 1 is 1.43 bits per heavy atom. The lowest BCUT2D eigenvalue weighted by Crippen LogP contribution is -2.46. The highest BCUT2D eigenvalue weighted by molar-refractivity contribution is 5.99. The summed E-state index contributed by atoms with van der Waals surface area (Å²) in [6.07, 6.45) is 5.00. The molecule has 0 bridgehead atoms. The van der Waals surface area contributed by atoms with E-state index in [1.807, 2.05) is 0 Å². The molecule has 0 aromatic carbocycles. The van der Waals surface area contributed by atoms with E-state index in [2.05, 4.69) is 10.3 Å². The van der Waals surface area contributed by atoms with Gasteiger partial charge in [-0.1, -0.05) is 0 Å². The van der Waals surface area contributed by atoms with E-state index in [1.54, 1.807) is 13.8 Å². The van der Waals surface area contributed by atoms with Gasteiger partial charge in [-0.05, 0) is 26.0 Å². The molecule has 1 heterocycles. The number of nitrogens with two attached hydrogens (primary N) is 1. The second kappa shape index (κ2) is 6.65. The van der Waals surface area contributed by atoms with Crippen molar-refractivity contribution < 1.29 is 19.5 Å². The maximum Gasteiger partial charge on any atom is 0.328 e. The second-order valence-corrected chi connectivity index (χ2v) is 5.12. The van der Waals surface area contributed by atoms with Crippen molar-refractivity contribution in [1.29, 1.82) is 0 Å². The Morgan fingerprint density at radius 2 is 2.10 bits per heavy atom. The van der Waals surface area contributed by atoms with Gasteiger partial charge < -0.3 is 16.2 Å². The van der Waals surface area contributed by atoms with Crippen LogP contribution >= 0.6 is 0 Å². The highest BCUT2D eigenvalue weighted by Gasteiger charge is 2.24. The first-order valence-electron chi connectivity index (χ1n) is 6.17. The normalized spacial score (nSPS) is 11.3. The van der Waals surface area contributed by atoms with E-state index in [9.17, 15) is 14.4 Å². The number of rotatable bonds is 6. The monoisotopic (exact) mass is 291 g/mol. The molecule has 1 aromatic heterocycles. The van der Waals surface area contributed by atoms with E-state index in [1.165, 1.54) is 24.5 Å². The number of aliphatic carboxylic acids is 1. The maximum absolute atomic E-state index is 12.2. The minimum absolute atomic E-state index is 0.00980. The van der Waals surface area contributed by atoms with Gasteiger partial charge in [-0.3, -0.25) is 14.6 Å². The molecule has 21 heavy (non-hydrogen) atoms. The van der Waals surface area contributed by atoms with Gasteiger partial charge in [-0.15, -0.1) is 0 Å². The number of carbonyl (C=O) groups is 3. The third-order valence-corrected chi connectivity index (χ3v) is 2.57. The molecular formula is C14H17N3O4. The van der Waals surface area contributed by atoms with E-state index in [0.29, 0.717) is 5.56 Å². The van der Waals surface area contributed by atoms with Crippen LogP contribution in [0.4, 0.5) is 0 Å². The molecule has 0 radical (unpaired) electrons. The molecule has 0 spiro atoms. The number of hydrogen-bond acceptors (Lipinski definition) is 4. The number of carboxylic acid groups (broad SMARTS) is 1. The van der Waals surface area contributed by atoms with Crippen LogP contribution in [0.5, 0.6) is 0 Å². The molecular weight excluding hydrogens is 274 g/mol. The summed E-state index contributed by atoms with van der Waals surface area (Å²) in [4.78, 5) is 37.6. The Balaban J connectivity index is 2.97. The minimum Gasteiger partial charge on any atom is -0.478 e. The number of carbonyl (C=O) groups excluding carboxylic acids is 2. The summed E-state index contributed by atoms with van der Waals surface area (Å²) in [7, 11) is 0. The van der Waals surface area contributed by atoms with E-state index < -0.39 is 23.3 Å². The molecule has 0 atom stereocenters. The summed E-state index contributed by atoms with van der Waals surface area (Å²) in [6, 6.07) is 1.47. The number of nitrogens with zero attached hydrogens (tertiary/aromatic N) is 1. The van der Waals surface area contributed by atoms with Gasteiger partial charge >= 0.3 is 5.97 Å². The number of pyridine rings is 1. The van der Waals surface area contributed by atoms with Crippen molar-refractivity contribution >= 4 is 23.9 Å². The number of hydrogen-bond donors (Lipinski definition) is 3. The van der Waals surface area contributed by atoms with Crippen LogP contribution in [0.2, 0.25) is 0 Å². The van der Waals surface area contributed by atoms with Crippen LogP contribution < -0.4 is 11.1 Å². The van der Waals surface area contributed by atoms with Gasteiger partial charge in [0.1, 0.15) is 0 Å². The first-order valence-corrected chi connectivity index (χ1v) is 6.17. The lowest BCUT2D eigenvalue weighted by Gasteiger charge is -2.25. The number of aromatic nitrogens is 1. The highest BCUT2D eigenvalue weighted by Crippen LogP contribution is 2.13. The average molecular weight is 291 g/mol. The van der Waals surface area contributed by atoms with E-state index in [-0.39, 0.29) is 12.0 Å². The molecule has 0 aliphatic heterocycles. The molecule has 4 N–H and O–H groups in total. The summed E-state index contributed by atoms with van der Waals surface area (Å²) in [5.41, 5.74) is 4.95. The van der Waals surface area contributed by atoms with Crippen molar-refractivity contribution in [3.63, 3.8) is 0 Å². The molecule has 112 valence electrons.